The second-order valence-electron chi connectivity index (χ2n) is 4.39. The van der Waals surface area contributed by atoms with Gasteiger partial charge in [0.15, 0.2) is 6.29 Å². The van der Waals surface area contributed by atoms with Crippen molar-refractivity contribution in [2.24, 2.45) is 0 Å². The van der Waals surface area contributed by atoms with Gasteiger partial charge in [-0.3, -0.25) is 9.05 Å². The van der Waals surface area contributed by atoms with E-state index in [1.54, 1.807) is 0 Å². The summed E-state index contributed by atoms with van der Waals surface area (Å²) in [5.41, 5.74) is 0. The monoisotopic (exact) mass is 370 g/mol. The Bertz CT molecular complexity index is 457. The molecule has 0 aromatic rings. The van der Waals surface area contributed by atoms with Crippen molar-refractivity contribution in [3.05, 3.63) is 0 Å². The highest BCUT2D eigenvalue weighted by atomic mass is 31.2. The largest absolute Gasteiger partial charge is 0.472 e. The van der Waals surface area contributed by atoms with Crippen LogP contribution in [0.3, 0.4) is 0 Å². The minimum atomic E-state index is -5.13. The van der Waals surface area contributed by atoms with E-state index in [1.807, 2.05) is 0 Å². The van der Waals surface area contributed by atoms with Crippen molar-refractivity contribution in [1.82, 2.24) is 0 Å². The first-order chi connectivity index (χ1) is 9.82. The summed E-state index contributed by atoms with van der Waals surface area (Å²) >= 11 is 0. The van der Waals surface area contributed by atoms with Crippen LogP contribution in [0.4, 0.5) is 0 Å². The molecular weight excluding hydrogens is 354 g/mol. The predicted molar refractivity (Wildman–Crippen MR) is 63.8 cm³/mol. The third-order valence-corrected chi connectivity index (χ3v) is 3.61. The number of aliphatic hydroxyl groups is 4. The van der Waals surface area contributed by atoms with Gasteiger partial charge in [0.05, 0.1) is 6.61 Å². The summed E-state index contributed by atoms with van der Waals surface area (Å²) in [4.78, 5) is 34.3. The first-order valence-corrected chi connectivity index (χ1v) is 8.69. The fourth-order valence-corrected chi connectivity index (χ4v) is 2.47. The summed E-state index contributed by atoms with van der Waals surface area (Å²) in [5, 5.41) is 38.3. The highest BCUT2D eigenvalue weighted by Gasteiger charge is 2.49. The molecule has 0 saturated carbocycles. The summed E-state index contributed by atoms with van der Waals surface area (Å²) < 4.78 is 34.0. The van der Waals surface area contributed by atoms with E-state index in [2.05, 4.69) is 9.05 Å². The Morgan fingerprint density at radius 1 is 0.955 bits per heavy atom. The molecule has 22 heavy (non-hydrogen) atoms. The van der Waals surface area contributed by atoms with Crippen molar-refractivity contribution < 1.29 is 62.9 Å². The van der Waals surface area contributed by atoms with E-state index in [0.717, 1.165) is 0 Å². The Morgan fingerprint density at radius 3 is 1.95 bits per heavy atom. The van der Waals surface area contributed by atoms with Crippen LogP contribution in [0, 0.1) is 0 Å². The molecule has 0 bridgehead atoms. The maximum Gasteiger partial charge on any atom is 0.472 e. The van der Waals surface area contributed by atoms with Gasteiger partial charge in [-0.05, 0) is 0 Å². The molecule has 1 heterocycles. The Kier molecular flexibility index (Phi) is 6.64. The molecule has 1 aliphatic heterocycles. The highest BCUT2D eigenvalue weighted by molar-refractivity contribution is 7.46. The Hall–Kier alpha value is 0.0200. The van der Waals surface area contributed by atoms with Crippen LogP contribution in [-0.4, -0.2) is 83.4 Å². The average molecular weight is 370 g/mol. The fraction of sp³-hybridized carbons (Fsp3) is 1.00. The van der Waals surface area contributed by atoms with Gasteiger partial charge in [-0.25, -0.2) is 9.13 Å². The standard InChI is InChI=1S/C7H16O13P2/c8-2(1-18-21(12,13)14)6-4(10)3(9)5(11)7(19-6)20-22(15,16)17/h2-11H,1H2,(H2,12,13,14)(H2,15,16,17). The maximum absolute atomic E-state index is 10.7. The van der Waals surface area contributed by atoms with E-state index in [0.29, 0.717) is 0 Å². The van der Waals surface area contributed by atoms with Gasteiger partial charge in [0.1, 0.15) is 30.5 Å². The van der Waals surface area contributed by atoms with Crippen LogP contribution < -0.4 is 0 Å². The lowest BCUT2D eigenvalue weighted by molar-refractivity contribution is -0.292. The molecule has 0 aromatic carbocycles. The van der Waals surface area contributed by atoms with Crippen LogP contribution >= 0.6 is 15.6 Å². The Balaban J connectivity index is 2.80. The van der Waals surface area contributed by atoms with Gasteiger partial charge in [0.25, 0.3) is 0 Å². The van der Waals surface area contributed by atoms with Gasteiger partial charge in [-0.15, -0.1) is 0 Å². The minimum absolute atomic E-state index is 1.03. The molecule has 1 rings (SSSR count). The molecule has 8 N–H and O–H groups in total. The topological polar surface area (TPSA) is 224 Å². The van der Waals surface area contributed by atoms with Crippen molar-refractivity contribution in [1.29, 1.82) is 0 Å². The zero-order chi connectivity index (χ0) is 17.3. The number of ether oxygens (including phenoxy) is 1. The first kappa shape index (κ1) is 20.1. The quantitative estimate of drug-likeness (QED) is 0.212. The van der Waals surface area contributed by atoms with E-state index in [9.17, 15) is 29.6 Å². The van der Waals surface area contributed by atoms with E-state index in [-0.39, 0.29) is 0 Å². The maximum atomic E-state index is 10.7. The number of phosphoric acid groups is 2. The summed E-state index contributed by atoms with van der Waals surface area (Å²) in [6.07, 6.45) is -11.8. The van der Waals surface area contributed by atoms with Crippen molar-refractivity contribution in [3.8, 4) is 0 Å². The molecule has 6 unspecified atom stereocenters. The number of hydrogen-bond acceptors (Lipinski definition) is 9. The van der Waals surface area contributed by atoms with Crippen LogP contribution in [-0.2, 0) is 22.9 Å². The third kappa shape index (κ3) is 5.91. The van der Waals surface area contributed by atoms with E-state index in [1.165, 1.54) is 0 Å². The van der Waals surface area contributed by atoms with Crippen LogP contribution in [0.5, 0.6) is 0 Å². The number of aliphatic hydroxyl groups excluding tert-OH is 4. The van der Waals surface area contributed by atoms with Gasteiger partial charge < -0.3 is 44.7 Å². The normalized spacial score (nSPS) is 35.4. The summed E-state index contributed by atoms with van der Waals surface area (Å²) in [5.74, 6) is 0. The Morgan fingerprint density at radius 2 is 1.50 bits per heavy atom. The van der Waals surface area contributed by atoms with Crippen LogP contribution in [0.2, 0.25) is 0 Å². The second-order valence-corrected chi connectivity index (χ2v) is 6.82. The van der Waals surface area contributed by atoms with Crippen molar-refractivity contribution in [2.45, 2.75) is 36.8 Å². The van der Waals surface area contributed by atoms with Crippen LogP contribution in [0.1, 0.15) is 0 Å². The molecule has 0 spiro atoms. The zero-order valence-corrected chi connectivity index (χ0v) is 12.5. The number of hydrogen-bond donors (Lipinski definition) is 8. The molecule has 0 amide bonds. The molecule has 132 valence electrons. The second kappa shape index (κ2) is 7.28. The van der Waals surface area contributed by atoms with E-state index < -0.39 is 59.1 Å². The highest BCUT2D eigenvalue weighted by Crippen LogP contribution is 2.41. The number of rotatable bonds is 6. The minimum Gasteiger partial charge on any atom is -0.388 e. The molecular formula is C7H16O13P2. The van der Waals surface area contributed by atoms with Crippen LogP contribution in [0.15, 0.2) is 0 Å². The van der Waals surface area contributed by atoms with Crippen molar-refractivity contribution in [2.75, 3.05) is 6.61 Å². The molecule has 15 heteroatoms. The zero-order valence-electron chi connectivity index (χ0n) is 10.7. The molecule has 1 fully saturated rings. The lowest BCUT2D eigenvalue weighted by Gasteiger charge is -2.41. The summed E-state index contributed by atoms with van der Waals surface area (Å²) in [6, 6.07) is 0. The Labute approximate surface area is 123 Å². The SMILES string of the molecule is O=P(O)(O)OCC(O)C1OC(OP(=O)(O)O)C(O)C(O)C1O. The lowest BCUT2D eigenvalue weighted by Crippen LogP contribution is -2.61. The fourth-order valence-electron chi connectivity index (χ4n) is 1.68. The van der Waals surface area contributed by atoms with Gasteiger partial charge in [0, 0.05) is 0 Å². The van der Waals surface area contributed by atoms with E-state index >= 15 is 0 Å². The average Bonchev–Trinajstić information content (AvgIpc) is 2.34. The van der Waals surface area contributed by atoms with Gasteiger partial charge in [-0.1, -0.05) is 0 Å². The molecule has 0 aliphatic carbocycles. The van der Waals surface area contributed by atoms with Gasteiger partial charge in [0.2, 0.25) is 0 Å². The van der Waals surface area contributed by atoms with Crippen LogP contribution in [0.25, 0.3) is 0 Å². The molecule has 6 atom stereocenters. The van der Waals surface area contributed by atoms with Gasteiger partial charge in [-0.2, -0.15) is 0 Å². The third-order valence-electron chi connectivity index (χ3n) is 2.64. The van der Waals surface area contributed by atoms with Crippen molar-refractivity contribution in [3.63, 3.8) is 0 Å². The summed E-state index contributed by atoms with van der Waals surface area (Å²) in [7, 11) is -10.1. The summed E-state index contributed by atoms with van der Waals surface area (Å²) in [6.45, 7) is -1.03. The predicted octanol–water partition coefficient (Wildman–Crippen LogP) is -3.63. The number of phosphoric ester groups is 2. The molecule has 13 nitrogen and oxygen atoms in total. The molecule has 0 radical (unpaired) electrons. The van der Waals surface area contributed by atoms with Gasteiger partial charge >= 0.3 is 15.6 Å². The van der Waals surface area contributed by atoms with Crippen molar-refractivity contribution >= 4 is 15.6 Å². The molecule has 1 saturated heterocycles. The molecule has 0 aromatic heterocycles. The molecule has 1 aliphatic rings. The smallest absolute Gasteiger partial charge is 0.388 e. The lowest BCUT2D eigenvalue weighted by atomic mass is 9.96. The van der Waals surface area contributed by atoms with E-state index in [4.69, 9.17) is 24.3 Å². The first-order valence-electron chi connectivity index (χ1n) is 5.63.